The van der Waals surface area contributed by atoms with Gasteiger partial charge in [-0.15, -0.1) is 0 Å². The first kappa shape index (κ1) is 15.5. The summed E-state index contributed by atoms with van der Waals surface area (Å²) in [6.45, 7) is 9.08. The Morgan fingerprint density at radius 3 is 2.57 bits per heavy atom. The van der Waals surface area contributed by atoms with Crippen LogP contribution >= 0.6 is 0 Å². The zero-order valence-electron chi connectivity index (χ0n) is 13.3. The number of rotatable bonds is 7. The van der Waals surface area contributed by atoms with Crippen molar-refractivity contribution in [3.8, 4) is 0 Å². The molecule has 0 aromatic carbocycles. The van der Waals surface area contributed by atoms with E-state index < -0.39 is 0 Å². The molecular formula is C15H25N5O. The summed E-state index contributed by atoms with van der Waals surface area (Å²) in [4.78, 5) is 22.7. The van der Waals surface area contributed by atoms with E-state index in [1.165, 1.54) is 0 Å². The Hall–Kier alpha value is -1.85. The van der Waals surface area contributed by atoms with Gasteiger partial charge in [0.15, 0.2) is 0 Å². The normalized spacial score (nSPS) is 14.3. The molecule has 1 aromatic heterocycles. The molecule has 116 valence electrons. The Bertz CT molecular complexity index is 525. The summed E-state index contributed by atoms with van der Waals surface area (Å²) in [5, 5.41) is 3.29. The smallest absolute Gasteiger partial charge is 0.237 e. The van der Waals surface area contributed by atoms with Gasteiger partial charge in [0.05, 0.1) is 6.54 Å². The first-order chi connectivity index (χ1) is 9.93. The molecular weight excluding hydrogens is 266 g/mol. The van der Waals surface area contributed by atoms with Crippen LogP contribution in [0, 0.1) is 6.92 Å². The molecule has 6 nitrogen and oxygen atoms in total. The van der Waals surface area contributed by atoms with Crippen LogP contribution in [0.3, 0.4) is 0 Å². The summed E-state index contributed by atoms with van der Waals surface area (Å²) in [7, 11) is 0. The number of aromatic nitrogens is 2. The van der Waals surface area contributed by atoms with Crippen molar-refractivity contribution < 1.29 is 4.79 Å². The molecule has 21 heavy (non-hydrogen) atoms. The van der Waals surface area contributed by atoms with Gasteiger partial charge in [-0.25, -0.2) is 9.97 Å². The van der Waals surface area contributed by atoms with Gasteiger partial charge in [0.2, 0.25) is 5.91 Å². The summed E-state index contributed by atoms with van der Waals surface area (Å²) in [5.41, 5.74) is 6.35. The molecule has 0 radical (unpaired) electrons. The highest BCUT2D eigenvalue weighted by molar-refractivity contribution is 5.80. The number of primary amides is 1. The van der Waals surface area contributed by atoms with Crippen LogP contribution in [-0.2, 0) is 4.79 Å². The molecule has 0 aliphatic heterocycles. The van der Waals surface area contributed by atoms with Gasteiger partial charge in [-0.1, -0.05) is 0 Å². The van der Waals surface area contributed by atoms with Crippen LogP contribution in [0.4, 0.5) is 11.6 Å². The lowest BCUT2D eigenvalue weighted by Gasteiger charge is -2.29. The number of nitrogens with two attached hydrogens (primary N) is 1. The fourth-order valence-corrected chi connectivity index (χ4v) is 2.33. The molecule has 1 aliphatic carbocycles. The van der Waals surface area contributed by atoms with Crippen LogP contribution in [0.25, 0.3) is 0 Å². The average molecular weight is 291 g/mol. The monoisotopic (exact) mass is 291 g/mol. The van der Waals surface area contributed by atoms with Gasteiger partial charge in [0, 0.05) is 24.1 Å². The van der Waals surface area contributed by atoms with Gasteiger partial charge in [0.25, 0.3) is 0 Å². The second kappa shape index (κ2) is 6.28. The summed E-state index contributed by atoms with van der Waals surface area (Å²) < 4.78 is 0. The quantitative estimate of drug-likeness (QED) is 0.800. The number of hydrogen-bond acceptors (Lipinski definition) is 5. The molecule has 0 atom stereocenters. The van der Waals surface area contributed by atoms with Crippen molar-refractivity contribution in [2.24, 2.45) is 5.73 Å². The maximum Gasteiger partial charge on any atom is 0.237 e. The third kappa shape index (κ3) is 3.62. The zero-order valence-corrected chi connectivity index (χ0v) is 13.3. The zero-order chi connectivity index (χ0) is 15.6. The Morgan fingerprint density at radius 1 is 1.43 bits per heavy atom. The van der Waals surface area contributed by atoms with E-state index in [2.05, 4.69) is 10.3 Å². The summed E-state index contributed by atoms with van der Waals surface area (Å²) >= 11 is 0. The van der Waals surface area contributed by atoms with Crippen LogP contribution in [0.1, 0.15) is 50.9 Å². The highest BCUT2D eigenvalue weighted by Gasteiger charge is 2.29. The number of nitrogens with one attached hydrogen (secondary N) is 1. The van der Waals surface area contributed by atoms with Crippen molar-refractivity contribution in [1.29, 1.82) is 0 Å². The molecule has 1 fully saturated rings. The van der Waals surface area contributed by atoms with Crippen molar-refractivity contribution in [2.75, 3.05) is 23.3 Å². The molecule has 1 amide bonds. The number of hydrogen-bond donors (Lipinski definition) is 2. The fraction of sp³-hybridized carbons (Fsp3) is 0.667. The Kier molecular flexibility index (Phi) is 4.65. The van der Waals surface area contributed by atoms with E-state index in [4.69, 9.17) is 10.7 Å². The summed E-state index contributed by atoms with van der Waals surface area (Å²) in [5.74, 6) is 2.67. The van der Waals surface area contributed by atoms with E-state index in [1.807, 2.05) is 32.6 Å². The summed E-state index contributed by atoms with van der Waals surface area (Å²) in [6.07, 6.45) is 2.29. The largest absolute Gasteiger partial charge is 0.370 e. The Balaban J connectivity index is 2.45. The predicted octanol–water partition coefficient (Wildman–Crippen LogP) is 1.79. The second-order valence-electron chi connectivity index (χ2n) is 5.87. The minimum atomic E-state index is -0.348. The van der Waals surface area contributed by atoms with E-state index in [9.17, 15) is 4.79 Å². The van der Waals surface area contributed by atoms with Crippen molar-refractivity contribution in [3.05, 3.63) is 11.4 Å². The highest BCUT2D eigenvalue weighted by atomic mass is 16.1. The molecule has 0 spiro atoms. The summed E-state index contributed by atoms with van der Waals surface area (Å²) in [6, 6.07) is 0.146. The second-order valence-corrected chi connectivity index (χ2v) is 5.87. The molecule has 1 aromatic rings. The fourth-order valence-electron chi connectivity index (χ4n) is 2.33. The van der Waals surface area contributed by atoms with E-state index in [1.54, 1.807) is 0 Å². The van der Waals surface area contributed by atoms with Crippen molar-refractivity contribution in [2.45, 2.75) is 52.5 Å². The minimum Gasteiger partial charge on any atom is -0.370 e. The number of carbonyl (C=O) groups excluding carboxylic acids is 1. The molecule has 0 saturated heterocycles. The topological polar surface area (TPSA) is 84.1 Å². The lowest BCUT2D eigenvalue weighted by molar-refractivity contribution is -0.116. The predicted molar refractivity (Wildman–Crippen MR) is 84.6 cm³/mol. The molecule has 6 heteroatoms. The highest BCUT2D eigenvalue weighted by Crippen LogP contribution is 2.40. The van der Waals surface area contributed by atoms with Crippen molar-refractivity contribution in [1.82, 2.24) is 9.97 Å². The first-order valence-corrected chi connectivity index (χ1v) is 7.61. The third-order valence-corrected chi connectivity index (χ3v) is 3.65. The minimum absolute atomic E-state index is 0.146. The van der Waals surface area contributed by atoms with E-state index >= 15 is 0 Å². The third-order valence-electron chi connectivity index (χ3n) is 3.65. The van der Waals surface area contributed by atoms with E-state index in [-0.39, 0.29) is 18.5 Å². The number of amides is 1. The van der Waals surface area contributed by atoms with Gasteiger partial charge >= 0.3 is 0 Å². The number of anilines is 2. The van der Waals surface area contributed by atoms with Crippen LogP contribution in [0.15, 0.2) is 0 Å². The molecule has 2 rings (SSSR count). The standard InChI is InChI=1S/C15H25N5O/c1-5-17-13-10(4)15(19-14(18-13)11-6-7-11)20(9(2)3)8-12(16)21/h9,11H,5-8H2,1-4H3,(H2,16,21)(H,17,18,19). The van der Waals surface area contributed by atoms with Gasteiger partial charge in [0.1, 0.15) is 17.5 Å². The lowest BCUT2D eigenvalue weighted by Crippen LogP contribution is -2.40. The van der Waals surface area contributed by atoms with Crippen molar-refractivity contribution >= 4 is 17.5 Å². The molecule has 0 bridgehead atoms. The Labute approximate surface area is 126 Å². The van der Waals surface area contributed by atoms with E-state index in [0.29, 0.717) is 5.92 Å². The average Bonchev–Trinajstić information content (AvgIpc) is 3.23. The van der Waals surface area contributed by atoms with E-state index in [0.717, 1.165) is 42.4 Å². The first-order valence-electron chi connectivity index (χ1n) is 7.61. The van der Waals surface area contributed by atoms with Crippen molar-refractivity contribution in [3.63, 3.8) is 0 Å². The molecule has 1 heterocycles. The van der Waals surface area contributed by atoms with Gasteiger partial charge in [-0.2, -0.15) is 0 Å². The maximum absolute atomic E-state index is 11.4. The molecule has 1 saturated carbocycles. The van der Waals surface area contributed by atoms with Gasteiger partial charge < -0.3 is 16.0 Å². The van der Waals surface area contributed by atoms with Crippen LogP contribution in [-0.4, -0.2) is 35.0 Å². The van der Waals surface area contributed by atoms with Crippen LogP contribution in [0.5, 0.6) is 0 Å². The van der Waals surface area contributed by atoms with Crippen LogP contribution < -0.4 is 16.0 Å². The lowest BCUT2D eigenvalue weighted by atomic mass is 10.2. The number of carbonyl (C=O) groups is 1. The molecule has 3 N–H and O–H groups in total. The molecule has 1 aliphatic rings. The van der Waals surface area contributed by atoms with Gasteiger partial charge in [-0.3, -0.25) is 4.79 Å². The van der Waals surface area contributed by atoms with Gasteiger partial charge in [-0.05, 0) is 40.5 Å². The SMILES string of the molecule is CCNc1nc(C2CC2)nc(N(CC(N)=O)C(C)C)c1C. The Morgan fingerprint density at radius 2 is 2.10 bits per heavy atom. The van der Waals surface area contributed by atoms with Crippen LogP contribution in [0.2, 0.25) is 0 Å². The molecule has 0 unspecified atom stereocenters. The number of nitrogens with zero attached hydrogens (tertiary/aromatic N) is 3. The maximum atomic E-state index is 11.4.